The van der Waals surface area contributed by atoms with E-state index >= 15 is 0 Å². The van der Waals surface area contributed by atoms with E-state index < -0.39 is 18.6 Å². The number of rotatable bonds is 4. The van der Waals surface area contributed by atoms with E-state index in [0.29, 0.717) is 0 Å². The normalized spacial score (nSPS) is 11.5. The summed E-state index contributed by atoms with van der Waals surface area (Å²) in [6.45, 7) is -1.59. The number of nitrogens with one attached hydrogen (secondary N) is 1. The van der Waals surface area contributed by atoms with Crippen molar-refractivity contribution in [1.82, 2.24) is 19.7 Å². The molecular formula is C11H11F3N4O. The molecular weight excluding hydrogens is 261 g/mol. The highest BCUT2D eigenvalue weighted by Gasteiger charge is 2.27. The van der Waals surface area contributed by atoms with Crippen molar-refractivity contribution in [2.45, 2.75) is 12.7 Å². The Morgan fingerprint density at radius 1 is 1.32 bits per heavy atom. The number of carbonyl (C=O) groups excluding carboxylic acids is 1. The molecule has 2 aromatic heterocycles. The first-order chi connectivity index (χ1) is 8.94. The van der Waals surface area contributed by atoms with E-state index in [4.69, 9.17) is 0 Å². The standard InChI is InChI=1S/C11H11F3N4O/c12-11(13,14)8-15-10(19)7-18-6-9(5-16-18)17-3-1-2-4-17/h1-6H,7-8H2,(H,15,19). The van der Waals surface area contributed by atoms with Crippen LogP contribution in [-0.4, -0.2) is 33.0 Å². The molecule has 2 rings (SSSR count). The first kappa shape index (κ1) is 13.2. The molecule has 0 radical (unpaired) electrons. The highest BCUT2D eigenvalue weighted by atomic mass is 19.4. The van der Waals surface area contributed by atoms with Gasteiger partial charge in [-0.2, -0.15) is 18.3 Å². The molecule has 0 saturated carbocycles. The van der Waals surface area contributed by atoms with Crippen LogP contribution in [0.15, 0.2) is 36.9 Å². The topological polar surface area (TPSA) is 51.9 Å². The van der Waals surface area contributed by atoms with Gasteiger partial charge in [0.2, 0.25) is 5.91 Å². The predicted octanol–water partition coefficient (Wildman–Crippen LogP) is 1.35. The molecule has 0 atom stereocenters. The van der Waals surface area contributed by atoms with Gasteiger partial charge in [-0.3, -0.25) is 9.48 Å². The summed E-state index contributed by atoms with van der Waals surface area (Å²) < 4.78 is 38.8. The molecule has 5 nitrogen and oxygen atoms in total. The molecule has 0 bridgehead atoms. The summed E-state index contributed by atoms with van der Waals surface area (Å²) in [5, 5.41) is 5.69. The van der Waals surface area contributed by atoms with Gasteiger partial charge in [-0.15, -0.1) is 0 Å². The second-order valence-corrected chi connectivity index (χ2v) is 3.88. The fourth-order valence-electron chi connectivity index (χ4n) is 1.48. The Hall–Kier alpha value is -2.25. The van der Waals surface area contributed by atoms with E-state index in [1.54, 1.807) is 28.5 Å². The van der Waals surface area contributed by atoms with Crippen molar-refractivity contribution in [3.05, 3.63) is 36.9 Å². The van der Waals surface area contributed by atoms with Gasteiger partial charge >= 0.3 is 6.18 Å². The first-order valence-corrected chi connectivity index (χ1v) is 5.43. The summed E-state index contributed by atoms with van der Waals surface area (Å²) in [6.07, 6.45) is 2.29. The van der Waals surface area contributed by atoms with Crippen molar-refractivity contribution in [2.24, 2.45) is 0 Å². The zero-order valence-electron chi connectivity index (χ0n) is 9.76. The number of hydrogen-bond acceptors (Lipinski definition) is 2. The quantitative estimate of drug-likeness (QED) is 0.913. The number of alkyl halides is 3. The van der Waals surface area contributed by atoms with Crippen LogP contribution in [0.3, 0.4) is 0 Å². The van der Waals surface area contributed by atoms with Crippen LogP contribution in [0.4, 0.5) is 13.2 Å². The van der Waals surface area contributed by atoms with Gasteiger partial charge in [0.05, 0.1) is 11.9 Å². The molecule has 1 N–H and O–H groups in total. The second-order valence-electron chi connectivity index (χ2n) is 3.88. The molecule has 19 heavy (non-hydrogen) atoms. The maximum atomic E-state index is 11.9. The molecule has 0 aliphatic heterocycles. The maximum Gasteiger partial charge on any atom is 0.405 e. The third-order valence-electron chi connectivity index (χ3n) is 2.31. The number of hydrogen-bond donors (Lipinski definition) is 1. The maximum absolute atomic E-state index is 11.9. The first-order valence-electron chi connectivity index (χ1n) is 5.43. The van der Waals surface area contributed by atoms with Crippen LogP contribution in [0.1, 0.15) is 0 Å². The van der Waals surface area contributed by atoms with Gasteiger partial charge in [0.15, 0.2) is 0 Å². The van der Waals surface area contributed by atoms with E-state index in [1.807, 2.05) is 12.1 Å². The fraction of sp³-hybridized carbons (Fsp3) is 0.273. The van der Waals surface area contributed by atoms with Crippen LogP contribution in [-0.2, 0) is 11.3 Å². The van der Waals surface area contributed by atoms with Gasteiger partial charge in [0.1, 0.15) is 13.1 Å². The number of nitrogens with zero attached hydrogens (tertiary/aromatic N) is 3. The Labute approximate surface area is 106 Å². The van der Waals surface area contributed by atoms with Gasteiger partial charge in [-0.05, 0) is 12.1 Å². The third kappa shape index (κ3) is 3.87. The van der Waals surface area contributed by atoms with E-state index in [-0.39, 0.29) is 6.54 Å². The van der Waals surface area contributed by atoms with E-state index in [1.165, 1.54) is 10.9 Å². The molecule has 0 spiro atoms. The second kappa shape index (κ2) is 5.17. The predicted molar refractivity (Wildman–Crippen MR) is 60.6 cm³/mol. The van der Waals surface area contributed by atoms with Crippen molar-refractivity contribution in [1.29, 1.82) is 0 Å². The van der Waals surface area contributed by atoms with Gasteiger partial charge in [-0.25, -0.2) is 0 Å². The summed E-state index contributed by atoms with van der Waals surface area (Å²) >= 11 is 0. The van der Waals surface area contributed by atoms with Gasteiger partial charge in [0, 0.05) is 18.6 Å². The van der Waals surface area contributed by atoms with Crippen LogP contribution in [0.25, 0.3) is 5.69 Å². The molecule has 0 aromatic carbocycles. The van der Waals surface area contributed by atoms with Crippen molar-refractivity contribution in [2.75, 3.05) is 6.54 Å². The Balaban J connectivity index is 1.91. The van der Waals surface area contributed by atoms with E-state index in [9.17, 15) is 18.0 Å². The Morgan fingerprint density at radius 2 is 2.00 bits per heavy atom. The summed E-state index contributed by atoms with van der Waals surface area (Å²) in [5.41, 5.74) is 0.730. The average molecular weight is 272 g/mol. The Bertz CT molecular complexity index is 545. The van der Waals surface area contributed by atoms with Gasteiger partial charge in [-0.1, -0.05) is 0 Å². The van der Waals surface area contributed by atoms with E-state index in [2.05, 4.69) is 5.10 Å². The van der Waals surface area contributed by atoms with Crippen LogP contribution in [0, 0.1) is 0 Å². The Morgan fingerprint density at radius 3 is 2.63 bits per heavy atom. The lowest BCUT2D eigenvalue weighted by Crippen LogP contribution is -2.35. The summed E-state index contributed by atoms with van der Waals surface area (Å²) in [6, 6.07) is 3.65. The smallest absolute Gasteiger partial charge is 0.345 e. The van der Waals surface area contributed by atoms with Crippen LogP contribution < -0.4 is 5.32 Å². The molecule has 0 aliphatic carbocycles. The third-order valence-corrected chi connectivity index (χ3v) is 2.31. The van der Waals surface area contributed by atoms with Crippen LogP contribution in [0.2, 0.25) is 0 Å². The number of carbonyl (C=O) groups is 1. The molecule has 2 heterocycles. The molecule has 102 valence electrons. The number of halogens is 3. The molecule has 8 heteroatoms. The lowest BCUT2D eigenvalue weighted by molar-refractivity contribution is -0.138. The molecule has 2 aromatic rings. The zero-order chi connectivity index (χ0) is 13.9. The molecule has 1 amide bonds. The minimum atomic E-state index is -4.41. The summed E-state index contributed by atoms with van der Waals surface area (Å²) in [4.78, 5) is 11.3. The number of amides is 1. The summed E-state index contributed by atoms with van der Waals surface area (Å²) in [5.74, 6) is -0.737. The summed E-state index contributed by atoms with van der Waals surface area (Å²) in [7, 11) is 0. The highest BCUT2D eigenvalue weighted by molar-refractivity contribution is 5.75. The minimum Gasteiger partial charge on any atom is -0.345 e. The monoisotopic (exact) mass is 272 g/mol. The van der Waals surface area contributed by atoms with E-state index in [0.717, 1.165) is 5.69 Å². The lowest BCUT2D eigenvalue weighted by atomic mass is 10.5. The van der Waals surface area contributed by atoms with Crippen LogP contribution >= 0.6 is 0 Å². The largest absolute Gasteiger partial charge is 0.405 e. The van der Waals surface area contributed by atoms with Crippen LogP contribution in [0.5, 0.6) is 0 Å². The molecule has 0 unspecified atom stereocenters. The fourth-order valence-corrected chi connectivity index (χ4v) is 1.48. The van der Waals surface area contributed by atoms with Crippen molar-refractivity contribution >= 4 is 5.91 Å². The highest BCUT2D eigenvalue weighted by Crippen LogP contribution is 2.12. The van der Waals surface area contributed by atoms with Gasteiger partial charge in [0.25, 0.3) is 0 Å². The number of aromatic nitrogens is 3. The molecule has 0 aliphatic rings. The van der Waals surface area contributed by atoms with Crippen molar-refractivity contribution in [3.63, 3.8) is 0 Å². The minimum absolute atomic E-state index is 0.253. The lowest BCUT2D eigenvalue weighted by Gasteiger charge is -2.08. The molecule has 0 fully saturated rings. The molecule has 0 saturated heterocycles. The average Bonchev–Trinajstić information content (AvgIpc) is 2.94. The zero-order valence-corrected chi connectivity index (χ0v) is 9.76. The Kier molecular flexibility index (Phi) is 3.59. The van der Waals surface area contributed by atoms with Crippen molar-refractivity contribution in [3.8, 4) is 5.69 Å². The van der Waals surface area contributed by atoms with Crippen molar-refractivity contribution < 1.29 is 18.0 Å². The SMILES string of the molecule is O=C(Cn1cc(-n2cccc2)cn1)NCC(F)(F)F. The van der Waals surface area contributed by atoms with Gasteiger partial charge < -0.3 is 9.88 Å².